The number of carbonyl (C=O) groups is 1. The molecule has 0 N–H and O–H groups in total. The summed E-state index contributed by atoms with van der Waals surface area (Å²) in [5.41, 5.74) is -0.230. The van der Waals surface area contributed by atoms with E-state index in [1.807, 2.05) is 26.0 Å². The molecule has 37 heavy (non-hydrogen) atoms. The van der Waals surface area contributed by atoms with Gasteiger partial charge in [0.2, 0.25) is 5.82 Å². The zero-order valence-electron chi connectivity index (χ0n) is 21.4. The molecule has 0 heterocycles. The minimum Gasteiger partial charge on any atom is -0.420 e. The van der Waals surface area contributed by atoms with Crippen molar-refractivity contribution in [2.24, 2.45) is 17.8 Å². The number of hydrogen-bond donors (Lipinski definition) is 0. The molecule has 0 amide bonds. The molecule has 0 saturated heterocycles. The van der Waals surface area contributed by atoms with E-state index in [0.717, 1.165) is 44.6 Å². The monoisotopic (exact) mass is 514 g/mol. The van der Waals surface area contributed by atoms with Crippen LogP contribution in [0.3, 0.4) is 0 Å². The molecule has 0 spiro atoms. The van der Waals surface area contributed by atoms with E-state index in [-0.39, 0.29) is 23.5 Å². The number of esters is 1. The summed E-state index contributed by atoms with van der Waals surface area (Å²) < 4.78 is 64.0. The molecule has 0 aromatic heterocycles. The molecule has 0 radical (unpaired) electrons. The lowest BCUT2D eigenvalue weighted by atomic mass is 9.64. The zero-order valence-corrected chi connectivity index (χ0v) is 21.4. The molecule has 4 unspecified atom stereocenters. The van der Waals surface area contributed by atoms with Gasteiger partial charge in [-0.1, -0.05) is 36.4 Å². The molecule has 2 aromatic carbocycles. The number of allylic oxidation sites excluding steroid dienone is 4. The first-order chi connectivity index (χ1) is 17.8. The van der Waals surface area contributed by atoms with Crippen LogP contribution in [0.1, 0.15) is 86.2 Å². The number of rotatable bonds is 7. The molecule has 4 rings (SSSR count). The van der Waals surface area contributed by atoms with E-state index in [0.29, 0.717) is 24.2 Å². The molecule has 198 valence electrons. The van der Waals surface area contributed by atoms with Crippen molar-refractivity contribution < 1.29 is 27.1 Å². The third kappa shape index (κ3) is 6.00. The van der Waals surface area contributed by atoms with Gasteiger partial charge in [0.1, 0.15) is 0 Å². The smallest absolute Gasteiger partial charge is 0.346 e. The topological polar surface area (TPSA) is 26.3 Å². The maximum atomic E-state index is 15.1. The van der Waals surface area contributed by atoms with Gasteiger partial charge < -0.3 is 4.74 Å². The lowest BCUT2D eigenvalue weighted by Gasteiger charge is -2.42. The van der Waals surface area contributed by atoms with Crippen molar-refractivity contribution in [1.29, 1.82) is 0 Å². The molecule has 2 nitrogen and oxygen atoms in total. The predicted octanol–water partition coefficient (Wildman–Crippen LogP) is 8.85. The summed E-state index contributed by atoms with van der Waals surface area (Å²) in [6, 6.07) is 5.08. The van der Waals surface area contributed by atoms with E-state index in [1.165, 1.54) is 18.2 Å². The summed E-state index contributed by atoms with van der Waals surface area (Å²) in [5, 5.41) is 0. The lowest BCUT2D eigenvalue weighted by molar-refractivity contribution is 0.0720. The zero-order chi connectivity index (χ0) is 26.5. The van der Waals surface area contributed by atoms with E-state index < -0.39 is 40.6 Å². The highest BCUT2D eigenvalue weighted by Crippen LogP contribution is 2.48. The molecule has 2 aliphatic rings. The second-order valence-electron chi connectivity index (χ2n) is 10.3. The first-order valence-corrected chi connectivity index (χ1v) is 13.2. The molecular weight excluding hydrogens is 480 g/mol. The van der Waals surface area contributed by atoms with Gasteiger partial charge in [-0.2, -0.15) is 4.39 Å². The van der Waals surface area contributed by atoms with Gasteiger partial charge in [0.05, 0.1) is 5.56 Å². The van der Waals surface area contributed by atoms with Crippen molar-refractivity contribution in [3.8, 4) is 5.75 Å². The normalized spacial score (nSPS) is 23.9. The van der Waals surface area contributed by atoms with E-state index in [1.54, 1.807) is 0 Å². The van der Waals surface area contributed by atoms with Crippen molar-refractivity contribution in [3.63, 3.8) is 0 Å². The van der Waals surface area contributed by atoms with E-state index >= 15 is 4.39 Å². The van der Waals surface area contributed by atoms with Crippen LogP contribution in [0.2, 0.25) is 0 Å². The Morgan fingerprint density at radius 2 is 1.62 bits per heavy atom. The Morgan fingerprint density at radius 3 is 2.38 bits per heavy atom. The molecule has 0 bridgehead atoms. The number of hydrogen-bond acceptors (Lipinski definition) is 2. The highest BCUT2D eigenvalue weighted by molar-refractivity contribution is 5.91. The Morgan fingerprint density at radius 1 is 0.865 bits per heavy atom. The van der Waals surface area contributed by atoms with Crippen LogP contribution in [0.15, 0.2) is 48.6 Å². The highest BCUT2D eigenvalue weighted by Gasteiger charge is 2.37. The average Bonchev–Trinajstić information content (AvgIpc) is 2.89. The van der Waals surface area contributed by atoms with Crippen molar-refractivity contribution in [3.05, 3.63) is 88.5 Å². The molecule has 2 aromatic rings. The fraction of sp³-hybridized carbons (Fsp3) is 0.452. The SMILES string of the molecule is C/C=C/CCc1ccc(OC(=O)c2ccc(C3CCC4CC(/C=C/C)CCC4C3)c(F)c2F)c(F)c1F. The largest absolute Gasteiger partial charge is 0.420 e. The molecular formula is C31H34F4O2. The van der Waals surface area contributed by atoms with Crippen molar-refractivity contribution in [2.45, 2.75) is 71.1 Å². The second-order valence-corrected chi connectivity index (χ2v) is 10.3. The maximum Gasteiger partial charge on any atom is 0.346 e. The van der Waals surface area contributed by atoms with Crippen molar-refractivity contribution in [1.82, 2.24) is 0 Å². The number of benzene rings is 2. The van der Waals surface area contributed by atoms with E-state index in [2.05, 4.69) is 12.2 Å². The average molecular weight is 515 g/mol. The van der Waals surface area contributed by atoms with Gasteiger partial charge in [-0.3, -0.25) is 0 Å². The van der Waals surface area contributed by atoms with E-state index in [4.69, 9.17) is 4.74 Å². The fourth-order valence-electron chi connectivity index (χ4n) is 6.10. The predicted molar refractivity (Wildman–Crippen MR) is 137 cm³/mol. The number of aryl methyl sites for hydroxylation is 1. The van der Waals surface area contributed by atoms with Crippen LogP contribution in [0.25, 0.3) is 0 Å². The van der Waals surface area contributed by atoms with Gasteiger partial charge in [-0.25, -0.2) is 18.0 Å². The first kappa shape index (κ1) is 27.2. The minimum atomic E-state index is -1.33. The number of ether oxygens (including phenoxy) is 1. The van der Waals surface area contributed by atoms with Crippen LogP contribution in [-0.4, -0.2) is 5.97 Å². The highest BCUT2D eigenvalue weighted by atomic mass is 19.2. The summed E-state index contributed by atoms with van der Waals surface area (Å²) in [4.78, 5) is 12.6. The van der Waals surface area contributed by atoms with Gasteiger partial charge in [-0.15, -0.1) is 0 Å². The summed E-state index contributed by atoms with van der Waals surface area (Å²) in [6.45, 7) is 3.87. The summed E-state index contributed by atoms with van der Waals surface area (Å²) in [6.07, 6.45) is 14.7. The van der Waals surface area contributed by atoms with Gasteiger partial charge in [0.25, 0.3) is 0 Å². The van der Waals surface area contributed by atoms with Crippen LogP contribution in [0, 0.1) is 41.0 Å². The van der Waals surface area contributed by atoms with Crippen molar-refractivity contribution in [2.75, 3.05) is 0 Å². The number of fused-ring (bicyclic) bond motifs is 1. The second kappa shape index (κ2) is 12.1. The Kier molecular flexibility index (Phi) is 8.88. The maximum absolute atomic E-state index is 15.1. The number of carbonyl (C=O) groups excluding carboxylic acids is 1. The van der Waals surface area contributed by atoms with Crippen molar-refractivity contribution >= 4 is 5.97 Å². The quantitative estimate of drug-likeness (QED) is 0.160. The third-order valence-corrected chi connectivity index (χ3v) is 8.04. The molecule has 2 saturated carbocycles. The van der Waals surface area contributed by atoms with Gasteiger partial charge in [0.15, 0.2) is 23.2 Å². The molecule has 2 aliphatic carbocycles. The molecule has 6 heteroatoms. The van der Waals surface area contributed by atoms with Crippen LogP contribution < -0.4 is 4.74 Å². The summed E-state index contributed by atoms with van der Waals surface area (Å²) >= 11 is 0. The van der Waals surface area contributed by atoms with Crippen LogP contribution >= 0.6 is 0 Å². The van der Waals surface area contributed by atoms with Crippen LogP contribution in [0.4, 0.5) is 17.6 Å². The Bertz CT molecular complexity index is 1190. The fourth-order valence-corrected chi connectivity index (χ4v) is 6.10. The van der Waals surface area contributed by atoms with Crippen LogP contribution in [-0.2, 0) is 6.42 Å². The number of halogens is 4. The van der Waals surface area contributed by atoms with Gasteiger partial charge in [-0.05, 0) is 112 Å². The summed E-state index contributed by atoms with van der Waals surface area (Å²) in [5.74, 6) is -5.16. The molecule has 0 aliphatic heterocycles. The minimum absolute atomic E-state index is 0.110. The lowest BCUT2D eigenvalue weighted by Crippen LogP contribution is -2.30. The first-order valence-electron chi connectivity index (χ1n) is 13.2. The van der Waals surface area contributed by atoms with Gasteiger partial charge in [0, 0.05) is 0 Å². The Labute approximate surface area is 216 Å². The van der Waals surface area contributed by atoms with Gasteiger partial charge >= 0.3 is 5.97 Å². The molecule has 2 fully saturated rings. The Balaban J connectivity index is 1.45. The van der Waals surface area contributed by atoms with Crippen LogP contribution in [0.5, 0.6) is 5.75 Å². The van der Waals surface area contributed by atoms with E-state index in [9.17, 15) is 18.0 Å². The standard InChI is InChI=1S/C31H34F4O2/c1-3-5-6-8-20-13-16-26(30(35)27(20)32)37-31(36)25-15-14-24(28(33)29(25)34)23-12-11-21-17-19(7-4-2)9-10-22(21)18-23/h3-5,7,13-16,19,21-23H,6,8-12,17-18H2,1-2H3/b5-3+,7-4+. The third-order valence-electron chi connectivity index (χ3n) is 8.04. The Hall–Kier alpha value is -2.89. The molecule has 4 atom stereocenters. The summed E-state index contributed by atoms with van der Waals surface area (Å²) in [7, 11) is 0.